The molecule has 2 aliphatic heterocycles. The molecule has 5 rings (SSSR count). The summed E-state index contributed by atoms with van der Waals surface area (Å²) in [6.45, 7) is 1.17. The lowest BCUT2D eigenvalue weighted by Crippen LogP contribution is -2.47. The number of hydrogen-bond acceptors (Lipinski definition) is 4. The first kappa shape index (κ1) is 16.2. The summed E-state index contributed by atoms with van der Waals surface area (Å²) >= 11 is 0. The molecule has 1 aromatic rings. The molecular weight excluding hydrogens is 360 g/mol. The van der Waals surface area contributed by atoms with Crippen LogP contribution in [0.1, 0.15) is 37.7 Å². The molecule has 1 spiro atoms. The van der Waals surface area contributed by atoms with E-state index in [-0.39, 0.29) is 11.8 Å². The van der Waals surface area contributed by atoms with Gasteiger partial charge in [0.15, 0.2) is 0 Å². The van der Waals surface area contributed by atoms with Crippen molar-refractivity contribution >= 4 is 20.0 Å². The van der Waals surface area contributed by atoms with Gasteiger partial charge in [0.1, 0.15) is 0 Å². The minimum atomic E-state index is -3.55. The molecule has 1 atom stereocenters. The number of nitrogens with zero attached hydrogens (tertiary/aromatic N) is 2. The maximum atomic E-state index is 13.2. The van der Waals surface area contributed by atoms with E-state index in [9.17, 15) is 16.8 Å². The lowest BCUT2D eigenvalue weighted by molar-refractivity contribution is 0.204. The van der Waals surface area contributed by atoms with Crippen molar-refractivity contribution in [3.05, 3.63) is 29.8 Å². The minimum absolute atomic E-state index is 0.257. The van der Waals surface area contributed by atoms with Crippen LogP contribution in [0.15, 0.2) is 29.2 Å². The second-order valence-corrected chi connectivity index (χ2v) is 11.9. The third-order valence-corrected chi connectivity index (χ3v) is 10.4. The van der Waals surface area contributed by atoms with Crippen LogP contribution in [-0.4, -0.2) is 50.3 Å². The van der Waals surface area contributed by atoms with Crippen LogP contribution in [0.25, 0.3) is 0 Å². The van der Waals surface area contributed by atoms with Crippen LogP contribution in [-0.2, 0) is 25.6 Å². The third-order valence-electron chi connectivity index (χ3n) is 6.07. The lowest BCUT2D eigenvalue weighted by Gasteiger charge is -2.34. The number of hydrogen-bond donors (Lipinski definition) is 0. The van der Waals surface area contributed by atoms with E-state index in [0.29, 0.717) is 30.3 Å². The second kappa shape index (κ2) is 5.06. The highest BCUT2D eigenvalue weighted by atomic mass is 32.2. The summed E-state index contributed by atoms with van der Waals surface area (Å²) in [4.78, 5) is 0.362. The van der Waals surface area contributed by atoms with Gasteiger partial charge in [-0.3, -0.25) is 0 Å². The van der Waals surface area contributed by atoms with E-state index in [1.807, 2.05) is 12.1 Å². The van der Waals surface area contributed by atoms with Crippen molar-refractivity contribution in [2.24, 2.45) is 5.92 Å². The van der Waals surface area contributed by atoms with Crippen LogP contribution in [0.3, 0.4) is 0 Å². The largest absolute Gasteiger partial charge is 0.244 e. The van der Waals surface area contributed by atoms with Crippen molar-refractivity contribution in [2.45, 2.75) is 47.8 Å². The van der Waals surface area contributed by atoms with Crippen molar-refractivity contribution in [1.29, 1.82) is 0 Å². The van der Waals surface area contributed by atoms with E-state index in [2.05, 4.69) is 0 Å². The SMILES string of the molecule is O=S1(=O)c2ccccc2[C@@]2(CCN(S(=O)(=O)C3CC3)C2)N1CC1CC1. The van der Waals surface area contributed by atoms with E-state index < -0.39 is 25.6 Å². The first-order valence-electron chi connectivity index (χ1n) is 8.97. The zero-order valence-electron chi connectivity index (χ0n) is 14.0. The normalized spacial score (nSPS) is 32.3. The molecule has 8 heteroatoms. The number of fused-ring (bicyclic) bond motifs is 2. The molecular formula is C17H22N2O4S2. The molecule has 2 heterocycles. The number of sulfonamides is 2. The Bertz CT molecular complexity index is 935. The van der Waals surface area contributed by atoms with Gasteiger partial charge in [-0.2, -0.15) is 8.61 Å². The van der Waals surface area contributed by atoms with Crippen molar-refractivity contribution in [3.8, 4) is 0 Å². The van der Waals surface area contributed by atoms with Crippen molar-refractivity contribution in [3.63, 3.8) is 0 Å². The fraction of sp³-hybridized carbons (Fsp3) is 0.647. The lowest BCUT2D eigenvalue weighted by atomic mass is 9.89. The van der Waals surface area contributed by atoms with Crippen LogP contribution in [0, 0.1) is 5.92 Å². The van der Waals surface area contributed by atoms with Gasteiger partial charge >= 0.3 is 0 Å². The summed E-state index contributed by atoms with van der Waals surface area (Å²) in [5.41, 5.74) is 0.0594. The zero-order valence-corrected chi connectivity index (χ0v) is 15.6. The van der Waals surface area contributed by atoms with Gasteiger partial charge in [0.05, 0.1) is 15.7 Å². The maximum Gasteiger partial charge on any atom is 0.244 e. The summed E-state index contributed by atoms with van der Waals surface area (Å²) in [6.07, 6.45) is 4.12. The van der Waals surface area contributed by atoms with Crippen LogP contribution in [0.2, 0.25) is 0 Å². The number of benzene rings is 1. The Balaban J connectivity index is 1.60. The van der Waals surface area contributed by atoms with Crippen LogP contribution in [0.4, 0.5) is 0 Å². The molecule has 136 valence electrons. The molecule has 0 N–H and O–H groups in total. The average Bonchev–Trinajstić information content (AvgIpc) is 3.50. The van der Waals surface area contributed by atoms with Crippen molar-refractivity contribution in [1.82, 2.24) is 8.61 Å². The van der Waals surface area contributed by atoms with Gasteiger partial charge in [0.25, 0.3) is 0 Å². The standard InChI is InChI=1S/C17H22N2O4S2/c20-24(21,14-7-8-14)18-10-9-17(12-18)15-3-1-2-4-16(15)25(22,23)19(17)11-13-5-6-13/h1-4,13-14H,5-12H2/t17-/m0/s1. The molecule has 6 nitrogen and oxygen atoms in total. The van der Waals surface area contributed by atoms with Gasteiger partial charge in [-0.25, -0.2) is 16.8 Å². The molecule has 1 saturated heterocycles. The van der Waals surface area contributed by atoms with E-state index in [1.54, 1.807) is 20.7 Å². The molecule has 3 fully saturated rings. The summed E-state index contributed by atoms with van der Waals surface area (Å²) in [7, 11) is -6.85. The second-order valence-electron chi connectivity index (χ2n) is 7.84. The van der Waals surface area contributed by atoms with E-state index in [0.717, 1.165) is 31.2 Å². The van der Waals surface area contributed by atoms with Crippen LogP contribution in [0.5, 0.6) is 0 Å². The fourth-order valence-corrected chi connectivity index (χ4v) is 8.37. The predicted molar refractivity (Wildman–Crippen MR) is 92.9 cm³/mol. The summed E-state index contributed by atoms with van der Waals surface area (Å²) in [6, 6.07) is 7.14. The van der Waals surface area contributed by atoms with Crippen LogP contribution >= 0.6 is 0 Å². The Morgan fingerprint density at radius 1 is 1.12 bits per heavy atom. The Kier molecular flexibility index (Phi) is 3.28. The van der Waals surface area contributed by atoms with E-state index >= 15 is 0 Å². The predicted octanol–water partition coefficient (Wildman–Crippen LogP) is 1.49. The molecule has 0 radical (unpaired) electrons. The Morgan fingerprint density at radius 3 is 2.52 bits per heavy atom. The van der Waals surface area contributed by atoms with Gasteiger partial charge in [-0.15, -0.1) is 0 Å². The molecule has 25 heavy (non-hydrogen) atoms. The molecule has 4 aliphatic rings. The Hall–Kier alpha value is -0.960. The Labute approximate surface area is 148 Å². The fourth-order valence-electron chi connectivity index (χ4n) is 4.34. The van der Waals surface area contributed by atoms with E-state index in [4.69, 9.17) is 0 Å². The Morgan fingerprint density at radius 2 is 1.84 bits per heavy atom. The van der Waals surface area contributed by atoms with Gasteiger partial charge in [-0.05, 0) is 49.7 Å². The topological polar surface area (TPSA) is 74.8 Å². The number of rotatable bonds is 4. The highest BCUT2D eigenvalue weighted by molar-refractivity contribution is 7.90. The summed E-state index contributed by atoms with van der Waals surface area (Å²) in [5.74, 6) is 0.412. The van der Waals surface area contributed by atoms with E-state index in [1.165, 1.54) is 0 Å². The molecule has 0 aromatic heterocycles. The van der Waals surface area contributed by atoms with Crippen molar-refractivity contribution in [2.75, 3.05) is 19.6 Å². The molecule has 0 bridgehead atoms. The van der Waals surface area contributed by atoms with Gasteiger partial charge < -0.3 is 0 Å². The minimum Gasteiger partial charge on any atom is -0.212 e. The maximum absolute atomic E-state index is 13.2. The molecule has 0 amide bonds. The first-order chi connectivity index (χ1) is 11.9. The molecule has 2 aliphatic carbocycles. The van der Waals surface area contributed by atoms with Crippen LogP contribution < -0.4 is 0 Å². The third kappa shape index (κ3) is 2.27. The van der Waals surface area contributed by atoms with Gasteiger partial charge in [-0.1, -0.05) is 18.2 Å². The summed E-state index contributed by atoms with van der Waals surface area (Å²) in [5, 5.41) is -0.257. The summed E-state index contributed by atoms with van der Waals surface area (Å²) < 4.78 is 54.9. The molecule has 1 aromatic carbocycles. The van der Waals surface area contributed by atoms with Gasteiger partial charge in [0.2, 0.25) is 20.0 Å². The quantitative estimate of drug-likeness (QED) is 0.791. The molecule has 2 saturated carbocycles. The van der Waals surface area contributed by atoms with Gasteiger partial charge in [0, 0.05) is 19.6 Å². The smallest absolute Gasteiger partial charge is 0.212 e. The molecule has 0 unspecified atom stereocenters. The van der Waals surface area contributed by atoms with Crippen molar-refractivity contribution < 1.29 is 16.8 Å². The highest BCUT2D eigenvalue weighted by Gasteiger charge is 2.59. The average molecular weight is 383 g/mol. The first-order valence-corrected chi connectivity index (χ1v) is 11.9. The monoisotopic (exact) mass is 382 g/mol. The highest BCUT2D eigenvalue weighted by Crippen LogP contribution is 2.52. The zero-order chi connectivity index (χ0) is 17.4.